The predicted octanol–water partition coefficient (Wildman–Crippen LogP) is 1.95. The molecule has 0 radical (unpaired) electrons. The summed E-state index contributed by atoms with van der Waals surface area (Å²) < 4.78 is 26.5. The number of fused-ring (bicyclic) bond motifs is 1. The van der Waals surface area contributed by atoms with E-state index in [-0.39, 0.29) is 36.3 Å². The molecule has 0 atom stereocenters. The second kappa shape index (κ2) is 9.45. The normalized spacial score (nSPS) is 14.5. The van der Waals surface area contributed by atoms with Crippen LogP contribution >= 0.6 is 24.0 Å². The van der Waals surface area contributed by atoms with Crippen molar-refractivity contribution in [2.24, 2.45) is 16.6 Å². The van der Waals surface area contributed by atoms with Crippen LogP contribution in [-0.4, -0.2) is 39.8 Å². The molecule has 136 valence electrons. The van der Waals surface area contributed by atoms with E-state index >= 15 is 0 Å². The van der Waals surface area contributed by atoms with Crippen molar-refractivity contribution in [1.29, 1.82) is 0 Å². The largest absolute Gasteiger partial charge is 0.370 e. The lowest BCUT2D eigenvalue weighted by Gasteiger charge is -2.19. The number of nitrogens with zero attached hydrogens (tertiary/aromatic N) is 2. The van der Waals surface area contributed by atoms with E-state index in [1.165, 1.54) is 4.31 Å². The highest BCUT2D eigenvalue weighted by Gasteiger charge is 2.28. The first kappa shape index (κ1) is 21.0. The number of nitrogens with one attached hydrogen (secondary N) is 1. The van der Waals surface area contributed by atoms with Crippen molar-refractivity contribution in [2.75, 3.05) is 29.7 Å². The van der Waals surface area contributed by atoms with Crippen molar-refractivity contribution in [1.82, 2.24) is 5.32 Å². The van der Waals surface area contributed by atoms with Gasteiger partial charge < -0.3 is 11.1 Å². The number of nitrogens with two attached hydrogens (primary N) is 1. The van der Waals surface area contributed by atoms with Gasteiger partial charge in [-0.05, 0) is 30.4 Å². The van der Waals surface area contributed by atoms with Gasteiger partial charge in [-0.2, -0.15) is 0 Å². The highest BCUT2D eigenvalue weighted by Crippen LogP contribution is 2.29. The average molecular weight is 466 g/mol. The van der Waals surface area contributed by atoms with Gasteiger partial charge in [0, 0.05) is 19.6 Å². The molecule has 0 aromatic heterocycles. The molecule has 1 aliphatic heterocycles. The number of guanidine groups is 1. The summed E-state index contributed by atoms with van der Waals surface area (Å²) >= 11 is 0. The zero-order valence-electron chi connectivity index (χ0n) is 14.2. The lowest BCUT2D eigenvalue weighted by atomic mass is 10.1. The SMILES string of the molecule is CC(C)CCN=C(N)NCCS(=O)(=O)N1CCc2ccccc21.I. The van der Waals surface area contributed by atoms with Crippen molar-refractivity contribution < 1.29 is 8.42 Å². The number of hydrogen-bond acceptors (Lipinski definition) is 3. The van der Waals surface area contributed by atoms with Gasteiger partial charge in [-0.3, -0.25) is 9.30 Å². The summed E-state index contributed by atoms with van der Waals surface area (Å²) in [6, 6.07) is 7.63. The van der Waals surface area contributed by atoms with E-state index < -0.39 is 10.0 Å². The van der Waals surface area contributed by atoms with Crippen LogP contribution < -0.4 is 15.4 Å². The first-order chi connectivity index (χ1) is 10.9. The van der Waals surface area contributed by atoms with Gasteiger partial charge in [0.2, 0.25) is 10.0 Å². The molecule has 6 nitrogen and oxygen atoms in total. The van der Waals surface area contributed by atoms with E-state index in [1.54, 1.807) is 0 Å². The molecule has 2 rings (SSSR count). The summed E-state index contributed by atoms with van der Waals surface area (Å²) in [4.78, 5) is 4.19. The molecule has 0 saturated carbocycles. The van der Waals surface area contributed by atoms with Crippen LogP contribution in [0.2, 0.25) is 0 Å². The minimum absolute atomic E-state index is 0. The summed E-state index contributed by atoms with van der Waals surface area (Å²) in [6.07, 6.45) is 1.73. The van der Waals surface area contributed by atoms with E-state index in [0.717, 1.165) is 24.1 Å². The molecular formula is C16H27IN4O2S. The Kier molecular flexibility index (Phi) is 8.28. The second-order valence-electron chi connectivity index (χ2n) is 6.14. The molecule has 1 heterocycles. The maximum absolute atomic E-state index is 12.5. The lowest BCUT2D eigenvalue weighted by molar-refractivity contribution is 0.590. The number of halogens is 1. The maximum atomic E-state index is 12.5. The molecule has 1 aromatic rings. The molecule has 24 heavy (non-hydrogen) atoms. The molecular weight excluding hydrogens is 439 g/mol. The Labute approximate surface area is 162 Å². The highest BCUT2D eigenvalue weighted by molar-refractivity contribution is 14.0. The van der Waals surface area contributed by atoms with E-state index in [4.69, 9.17) is 5.73 Å². The molecule has 0 amide bonds. The molecule has 1 aromatic carbocycles. The van der Waals surface area contributed by atoms with Crippen LogP contribution in [0.5, 0.6) is 0 Å². The van der Waals surface area contributed by atoms with Gasteiger partial charge in [-0.25, -0.2) is 8.42 Å². The monoisotopic (exact) mass is 466 g/mol. The smallest absolute Gasteiger partial charge is 0.236 e. The summed E-state index contributed by atoms with van der Waals surface area (Å²) in [5.41, 5.74) is 7.63. The van der Waals surface area contributed by atoms with Crippen LogP contribution in [0, 0.1) is 5.92 Å². The van der Waals surface area contributed by atoms with Crippen molar-refractivity contribution in [3.05, 3.63) is 29.8 Å². The number of anilines is 1. The average Bonchev–Trinajstić information content (AvgIpc) is 2.91. The van der Waals surface area contributed by atoms with Crippen LogP contribution in [0.25, 0.3) is 0 Å². The van der Waals surface area contributed by atoms with Crippen LogP contribution in [0.1, 0.15) is 25.8 Å². The minimum atomic E-state index is -3.34. The number of rotatable bonds is 7. The fourth-order valence-electron chi connectivity index (χ4n) is 2.51. The van der Waals surface area contributed by atoms with Crippen LogP contribution in [0.4, 0.5) is 5.69 Å². The predicted molar refractivity (Wildman–Crippen MR) is 111 cm³/mol. The summed E-state index contributed by atoms with van der Waals surface area (Å²) in [5, 5.41) is 2.88. The number of benzene rings is 1. The number of aliphatic imine (C=N–C) groups is 1. The van der Waals surface area contributed by atoms with Gasteiger partial charge in [0.05, 0.1) is 11.4 Å². The third-order valence-corrected chi connectivity index (χ3v) is 5.61. The van der Waals surface area contributed by atoms with E-state index in [1.807, 2.05) is 24.3 Å². The third kappa shape index (κ3) is 5.80. The first-order valence-corrected chi connectivity index (χ1v) is 9.63. The van der Waals surface area contributed by atoms with Crippen LogP contribution in [-0.2, 0) is 16.4 Å². The van der Waals surface area contributed by atoms with E-state index in [9.17, 15) is 8.42 Å². The van der Waals surface area contributed by atoms with Gasteiger partial charge in [0.15, 0.2) is 5.96 Å². The number of sulfonamides is 1. The van der Waals surface area contributed by atoms with Crippen LogP contribution in [0.15, 0.2) is 29.3 Å². The Bertz CT molecular complexity index is 662. The van der Waals surface area contributed by atoms with Gasteiger partial charge in [-0.15, -0.1) is 24.0 Å². The summed E-state index contributed by atoms with van der Waals surface area (Å²) in [5.74, 6) is 0.881. The summed E-state index contributed by atoms with van der Waals surface area (Å²) in [6.45, 7) is 5.68. The number of hydrogen-bond donors (Lipinski definition) is 2. The van der Waals surface area contributed by atoms with Crippen molar-refractivity contribution >= 4 is 45.6 Å². The van der Waals surface area contributed by atoms with Crippen molar-refractivity contribution in [3.63, 3.8) is 0 Å². The van der Waals surface area contributed by atoms with E-state index in [2.05, 4.69) is 24.2 Å². The van der Waals surface area contributed by atoms with Gasteiger partial charge in [0.25, 0.3) is 0 Å². The fraction of sp³-hybridized carbons (Fsp3) is 0.562. The molecule has 0 fully saturated rings. The standard InChI is InChI=1S/C16H26N4O2S.HI/c1-13(2)7-9-18-16(17)19-10-12-23(21,22)20-11-8-14-5-3-4-6-15(14)20;/h3-6,13H,7-12H2,1-2H3,(H3,17,18,19);1H. The zero-order valence-corrected chi connectivity index (χ0v) is 17.4. The third-order valence-electron chi connectivity index (χ3n) is 3.84. The topological polar surface area (TPSA) is 87.8 Å². The Morgan fingerprint density at radius 2 is 2.08 bits per heavy atom. The highest BCUT2D eigenvalue weighted by atomic mass is 127. The Morgan fingerprint density at radius 3 is 2.79 bits per heavy atom. The molecule has 0 saturated heterocycles. The van der Waals surface area contributed by atoms with Crippen molar-refractivity contribution in [2.45, 2.75) is 26.7 Å². The quantitative estimate of drug-likeness (QED) is 0.365. The molecule has 1 aliphatic rings. The zero-order chi connectivity index (χ0) is 16.9. The maximum Gasteiger partial charge on any atom is 0.236 e. The molecule has 8 heteroatoms. The molecule has 0 unspecified atom stereocenters. The first-order valence-electron chi connectivity index (χ1n) is 8.02. The Morgan fingerprint density at radius 1 is 1.38 bits per heavy atom. The molecule has 3 N–H and O–H groups in total. The fourth-order valence-corrected chi connectivity index (χ4v) is 3.94. The molecule has 0 spiro atoms. The molecule has 0 bridgehead atoms. The lowest BCUT2D eigenvalue weighted by Crippen LogP contribution is -2.39. The van der Waals surface area contributed by atoms with Crippen molar-refractivity contribution in [3.8, 4) is 0 Å². The Balaban J connectivity index is 0.00000288. The van der Waals surface area contributed by atoms with Gasteiger partial charge in [-0.1, -0.05) is 32.0 Å². The van der Waals surface area contributed by atoms with Crippen LogP contribution in [0.3, 0.4) is 0 Å². The van der Waals surface area contributed by atoms with E-state index in [0.29, 0.717) is 25.0 Å². The van der Waals surface area contributed by atoms with Gasteiger partial charge >= 0.3 is 0 Å². The number of para-hydroxylation sites is 1. The van der Waals surface area contributed by atoms with Gasteiger partial charge in [0.1, 0.15) is 0 Å². The minimum Gasteiger partial charge on any atom is -0.370 e. The summed E-state index contributed by atoms with van der Waals surface area (Å²) in [7, 11) is -3.34. The Hall–Kier alpha value is -1.03. The molecule has 0 aliphatic carbocycles. The second-order valence-corrected chi connectivity index (χ2v) is 8.16.